The van der Waals surface area contributed by atoms with Crippen molar-refractivity contribution in [2.75, 3.05) is 34.0 Å². The van der Waals surface area contributed by atoms with Crippen LogP contribution in [-0.2, 0) is 27.1 Å². The third-order valence-corrected chi connectivity index (χ3v) is 7.57. The molecule has 0 saturated carbocycles. The van der Waals surface area contributed by atoms with Crippen LogP contribution in [0.1, 0.15) is 55.7 Å². The maximum atomic E-state index is 5.80. The molecule has 2 unspecified atom stereocenters. The molecule has 2 aromatic carbocycles. The lowest BCUT2D eigenvalue weighted by atomic mass is 9.76. The third-order valence-electron chi connectivity index (χ3n) is 7.57. The van der Waals surface area contributed by atoms with Crippen molar-refractivity contribution in [2.45, 2.75) is 58.0 Å². The van der Waals surface area contributed by atoms with Gasteiger partial charge in [0.1, 0.15) is 0 Å². The second-order valence-corrected chi connectivity index (χ2v) is 9.89. The minimum Gasteiger partial charge on any atom is -0.384 e. The number of aryl methyl sites for hydroxylation is 1. The van der Waals surface area contributed by atoms with E-state index < -0.39 is 0 Å². The lowest BCUT2D eigenvalue weighted by Gasteiger charge is -2.29. The molecule has 0 fully saturated rings. The number of ether oxygens (including phenoxy) is 3. The van der Waals surface area contributed by atoms with Crippen molar-refractivity contribution in [2.24, 2.45) is 0 Å². The van der Waals surface area contributed by atoms with Crippen LogP contribution >= 0.6 is 0 Å². The summed E-state index contributed by atoms with van der Waals surface area (Å²) in [6, 6.07) is 16.0. The zero-order valence-corrected chi connectivity index (χ0v) is 23.0. The van der Waals surface area contributed by atoms with Gasteiger partial charge in [-0.25, -0.2) is 0 Å². The molecule has 196 valence electrons. The molecule has 3 nitrogen and oxygen atoms in total. The van der Waals surface area contributed by atoms with Gasteiger partial charge in [0.25, 0.3) is 0 Å². The van der Waals surface area contributed by atoms with Crippen LogP contribution in [0.5, 0.6) is 0 Å². The average Bonchev–Trinajstić information content (AvgIpc) is 2.95. The first kappa shape index (κ1) is 27.3. The van der Waals surface area contributed by atoms with Crippen molar-refractivity contribution in [3.05, 3.63) is 106 Å². The molecule has 2 aliphatic carbocycles. The standard InChI is InChI=1S/C34H42O3/c1-5-25-7-9-26(10-8-25)30-13-11-28(19-21-35-3)33(23-30)34-24-31(14-12-29(34)20-22-36-4)27-15-17-32(18-16-27)37-6-2/h7-17,23,32,34H,5-6,18-22,24H2,1-4H3. The molecule has 0 heterocycles. The van der Waals surface area contributed by atoms with Gasteiger partial charge in [-0.3, -0.25) is 0 Å². The molecule has 0 bridgehead atoms. The maximum absolute atomic E-state index is 5.80. The van der Waals surface area contributed by atoms with Crippen molar-refractivity contribution in [1.29, 1.82) is 0 Å². The van der Waals surface area contributed by atoms with Crippen LogP contribution in [0.25, 0.3) is 11.1 Å². The number of hydrogen-bond donors (Lipinski definition) is 0. The minimum atomic E-state index is 0.193. The largest absolute Gasteiger partial charge is 0.384 e. The zero-order valence-electron chi connectivity index (χ0n) is 23.0. The summed E-state index contributed by atoms with van der Waals surface area (Å²) in [6.45, 7) is 6.46. The van der Waals surface area contributed by atoms with Gasteiger partial charge in [-0.15, -0.1) is 0 Å². The number of methoxy groups -OCH3 is 2. The Morgan fingerprint density at radius 1 is 0.865 bits per heavy atom. The van der Waals surface area contributed by atoms with Crippen LogP contribution < -0.4 is 0 Å². The first-order chi connectivity index (χ1) is 18.2. The molecular weight excluding hydrogens is 456 g/mol. The Morgan fingerprint density at radius 2 is 1.62 bits per heavy atom. The summed E-state index contributed by atoms with van der Waals surface area (Å²) in [6.07, 6.45) is 16.5. The molecule has 37 heavy (non-hydrogen) atoms. The van der Waals surface area contributed by atoms with Crippen molar-refractivity contribution in [3.8, 4) is 11.1 Å². The highest BCUT2D eigenvalue weighted by molar-refractivity contribution is 5.66. The van der Waals surface area contributed by atoms with E-state index in [0.717, 1.165) is 51.9 Å². The maximum Gasteiger partial charge on any atom is 0.0793 e. The highest BCUT2D eigenvalue weighted by atomic mass is 16.5. The van der Waals surface area contributed by atoms with Crippen molar-refractivity contribution in [3.63, 3.8) is 0 Å². The van der Waals surface area contributed by atoms with Crippen LogP contribution in [-0.4, -0.2) is 40.1 Å². The van der Waals surface area contributed by atoms with E-state index >= 15 is 0 Å². The molecule has 0 N–H and O–H groups in total. The molecule has 2 aromatic rings. The first-order valence-corrected chi connectivity index (χ1v) is 13.8. The van der Waals surface area contributed by atoms with Crippen molar-refractivity contribution >= 4 is 0 Å². The Kier molecular flexibility index (Phi) is 10.1. The van der Waals surface area contributed by atoms with Gasteiger partial charge in [-0.05, 0) is 78.0 Å². The molecule has 0 aliphatic heterocycles. The molecule has 2 aliphatic rings. The monoisotopic (exact) mass is 498 g/mol. The summed E-state index contributed by atoms with van der Waals surface area (Å²) in [7, 11) is 3.57. The van der Waals surface area contributed by atoms with Crippen molar-refractivity contribution < 1.29 is 14.2 Å². The Bertz CT molecular complexity index is 1150. The fourth-order valence-corrected chi connectivity index (χ4v) is 5.39. The van der Waals surface area contributed by atoms with E-state index in [1.165, 1.54) is 44.5 Å². The van der Waals surface area contributed by atoms with Crippen LogP contribution in [0.3, 0.4) is 0 Å². The molecule has 3 heteroatoms. The Balaban J connectivity index is 1.69. The molecule has 2 atom stereocenters. The second kappa shape index (κ2) is 13.7. The van der Waals surface area contributed by atoms with E-state index in [2.05, 4.69) is 86.7 Å². The summed E-state index contributed by atoms with van der Waals surface area (Å²) >= 11 is 0. The number of hydrogen-bond acceptors (Lipinski definition) is 3. The zero-order chi connectivity index (χ0) is 26.0. The summed E-state index contributed by atoms with van der Waals surface area (Å²) in [5.74, 6) is 0.316. The lowest BCUT2D eigenvalue weighted by molar-refractivity contribution is 0.0976. The molecule has 0 radical (unpaired) electrons. The van der Waals surface area contributed by atoms with Crippen LogP contribution in [0.4, 0.5) is 0 Å². The summed E-state index contributed by atoms with van der Waals surface area (Å²) in [4.78, 5) is 0. The lowest BCUT2D eigenvalue weighted by Crippen LogP contribution is -2.15. The van der Waals surface area contributed by atoms with E-state index in [4.69, 9.17) is 14.2 Å². The van der Waals surface area contributed by atoms with Gasteiger partial charge >= 0.3 is 0 Å². The SMILES string of the molecule is CCOC1C=CC(C2=CC=C(CCOC)C(c3cc(-c4ccc(CC)cc4)ccc3CCOC)C2)=CC1. The molecule has 4 rings (SSSR count). The van der Waals surface area contributed by atoms with Crippen LogP contribution in [0.15, 0.2) is 89.6 Å². The molecule has 0 spiro atoms. The van der Waals surface area contributed by atoms with E-state index in [0.29, 0.717) is 5.92 Å². The molecular formula is C34H42O3. The summed E-state index contributed by atoms with van der Waals surface area (Å²) < 4.78 is 16.8. The fraction of sp³-hybridized carbons (Fsp3) is 0.412. The van der Waals surface area contributed by atoms with Gasteiger partial charge in [-0.1, -0.05) is 85.3 Å². The number of benzene rings is 2. The van der Waals surface area contributed by atoms with Gasteiger partial charge in [0.05, 0.1) is 12.7 Å². The van der Waals surface area contributed by atoms with E-state index in [-0.39, 0.29) is 6.10 Å². The van der Waals surface area contributed by atoms with E-state index in [1.807, 2.05) is 0 Å². The van der Waals surface area contributed by atoms with Gasteiger partial charge in [-0.2, -0.15) is 0 Å². The van der Waals surface area contributed by atoms with Crippen molar-refractivity contribution in [1.82, 2.24) is 0 Å². The molecule has 0 amide bonds. The minimum absolute atomic E-state index is 0.193. The van der Waals surface area contributed by atoms with Crippen LogP contribution in [0, 0.1) is 0 Å². The quantitative estimate of drug-likeness (QED) is 0.299. The highest BCUT2D eigenvalue weighted by Gasteiger charge is 2.25. The van der Waals surface area contributed by atoms with E-state index in [9.17, 15) is 0 Å². The van der Waals surface area contributed by atoms with Crippen LogP contribution in [0.2, 0.25) is 0 Å². The Morgan fingerprint density at radius 3 is 2.30 bits per heavy atom. The summed E-state index contributed by atoms with van der Waals surface area (Å²) in [5, 5.41) is 0. The second-order valence-electron chi connectivity index (χ2n) is 9.89. The summed E-state index contributed by atoms with van der Waals surface area (Å²) in [5.41, 5.74) is 10.9. The van der Waals surface area contributed by atoms with Gasteiger partial charge in [0.2, 0.25) is 0 Å². The fourth-order valence-electron chi connectivity index (χ4n) is 5.39. The first-order valence-electron chi connectivity index (χ1n) is 13.8. The predicted molar refractivity (Wildman–Crippen MR) is 154 cm³/mol. The molecule has 0 aromatic heterocycles. The normalized spacial score (nSPS) is 19.4. The number of rotatable bonds is 12. The Hall–Kier alpha value is -2.72. The van der Waals surface area contributed by atoms with Gasteiger partial charge in [0, 0.05) is 33.4 Å². The Labute approximate surface area is 223 Å². The van der Waals surface area contributed by atoms with Gasteiger partial charge in [0.15, 0.2) is 0 Å². The highest BCUT2D eigenvalue weighted by Crippen LogP contribution is 2.42. The molecule has 0 saturated heterocycles. The third kappa shape index (κ3) is 6.98. The topological polar surface area (TPSA) is 27.7 Å². The van der Waals surface area contributed by atoms with E-state index in [1.54, 1.807) is 14.2 Å². The average molecular weight is 499 g/mol. The van der Waals surface area contributed by atoms with Gasteiger partial charge < -0.3 is 14.2 Å². The number of allylic oxidation sites excluding steroid dienone is 5. The smallest absolute Gasteiger partial charge is 0.0793 e. The predicted octanol–water partition coefficient (Wildman–Crippen LogP) is 7.77.